The quantitative estimate of drug-likeness (QED) is 0.0285. The predicted molar refractivity (Wildman–Crippen MR) is 250 cm³/mol. The highest BCUT2D eigenvalue weighted by Crippen LogP contribution is 2.09. The molecule has 386 valence electrons. The predicted octanol–water partition coefficient (Wildman–Crippen LogP) is 1.30. The molecule has 0 aromatic heterocycles. The van der Waals surface area contributed by atoms with Gasteiger partial charge in [0.15, 0.2) is 0 Å². The van der Waals surface area contributed by atoms with Crippen LogP contribution in [-0.2, 0) is 63.9 Å². The van der Waals surface area contributed by atoms with Crippen LogP contribution in [0, 0.1) is 0 Å². The number of Topliss-reactive ketones (excluding diaryl/α,β-unsaturated/α-hetero) is 3. The van der Waals surface area contributed by atoms with Crippen molar-refractivity contribution >= 4 is 53.3 Å². The number of rotatable bonds is 29. The number of amides is 1. The van der Waals surface area contributed by atoms with Gasteiger partial charge in [-0.1, -0.05) is 58.0 Å². The van der Waals surface area contributed by atoms with E-state index in [1.54, 1.807) is 21.1 Å². The molecule has 1 fully saturated rings. The van der Waals surface area contributed by atoms with Gasteiger partial charge < -0.3 is 61.6 Å². The summed E-state index contributed by atoms with van der Waals surface area (Å²) in [5.41, 5.74) is 8.32. The van der Waals surface area contributed by atoms with E-state index in [9.17, 15) is 48.3 Å². The highest BCUT2D eigenvalue weighted by atomic mass is 16.6. The Bertz CT molecular complexity index is 1520. The van der Waals surface area contributed by atoms with Gasteiger partial charge in [-0.3, -0.25) is 28.8 Å². The van der Waals surface area contributed by atoms with Crippen LogP contribution in [0.4, 0.5) is 4.79 Å². The van der Waals surface area contributed by atoms with Gasteiger partial charge in [0.05, 0.1) is 44.4 Å². The summed E-state index contributed by atoms with van der Waals surface area (Å²) in [5.74, 6) is -2.60. The molecule has 4 atom stereocenters. The van der Waals surface area contributed by atoms with Crippen molar-refractivity contribution < 1.29 is 78.7 Å². The standard InChI is InChI=1S/C13H26N2O3.C13H13NO5.C10H20N2O3.C7H13NO3.2C2H6/c1-11(16)12(15-2)7-8-13(17)18-10-6-4-3-5-9-14;15-11(18-8-9-4-2-1-3-5-9)7-6-10-12(16)19-13(17)14-10;1-8(13)9(12-2)4-5-10(14)15-7-3-6-11;1-5(9)6(8-2)3-4-7(10)11;2*1-2/h12,15H,3-10,14H2,1-2H3;1-5,10H,6-8H2,(H,14,17);9,12H,3-7,11H2,1-2H3;6,8H,3-4H2,1-2H3,(H,10,11);2*1-2H3/p+1/t12-;10-;9-;6-;;/m0000../s1. The van der Waals surface area contributed by atoms with Crippen molar-refractivity contribution in [1.29, 1.82) is 0 Å². The first-order chi connectivity index (χ1) is 31.9. The number of nitrogens with one attached hydrogen (secondary N) is 4. The molecule has 0 spiro atoms. The Balaban J connectivity index is -0.000000391. The maximum Gasteiger partial charge on any atom is 0.415 e. The molecule has 0 radical (unpaired) electrons. The molecule has 1 aromatic rings. The zero-order valence-electron chi connectivity index (χ0n) is 42.1. The molecule has 1 saturated heterocycles. The Morgan fingerprint density at radius 2 is 1.04 bits per heavy atom. The lowest BCUT2D eigenvalue weighted by Gasteiger charge is -2.11. The minimum absolute atomic E-state index is 0.0445. The molecule has 0 aliphatic carbocycles. The van der Waals surface area contributed by atoms with E-state index in [2.05, 4.69) is 37.5 Å². The van der Waals surface area contributed by atoms with Crippen molar-refractivity contribution in [3.8, 4) is 0 Å². The summed E-state index contributed by atoms with van der Waals surface area (Å²) in [6, 6.07) is 7.69. The number of cyclic esters (lactones) is 2. The Hall–Kier alpha value is -5.15. The van der Waals surface area contributed by atoms with Crippen LogP contribution in [0.25, 0.3) is 0 Å². The molecule has 0 unspecified atom stereocenters. The van der Waals surface area contributed by atoms with E-state index in [0.717, 1.165) is 50.8 Å². The summed E-state index contributed by atoms with van der Waals surface area (Å²) in [5, 5.41) is 20.8. The number of likely N-dealkylation sites (N-methyl/N-ethyl adjacent to an activating group) is 3. The van der Waals surface area contributed by atoms with E-state index in [4.69, 9.17) is 14.2 Å². The van der Waals surface area contributed by atoms with Crippen molar-refractivity contribution in [3.63, 3.8) is 0 Å². The molecule has 0 saturated carbocycles. The van der Waals surface area contributed by atoms with Gasteiger partial charge in [0, 0.05) is 31.7 Å². The summed E-state index contributed by atoms with van der Waals surface area (Å²) in [4.78, 5) is 98.8. The minimum Gasteiger partial charge on any atom is -0.550 e. The number of hydrogen-bond donors (Lipinski definition) is 6. The fourth-order valence-corrected chi connectivity index (χ4v) is 5.35. The molecule has 1 aliphatic heterocycles. The van der Waals surface area contributed by atoms with Crippen LogP contribution in [0.3, 0.4) is 0 Å². The average Bonchev–Trinajstić information content (AvgIpc) is 3.64. The largest absolute Gasteiger partial charge is 0.550 e. The number of quaternary nitrogens is 2. The Kier molecular flexibility index (Phi) is 48.4. The number of aliphatic carboxylic acids is 1. The number of esters is 4. The van der Waals surface area contributed by atoms with Crippen molar-refractivity contribution in [2.24, 2.45) is 0 Å². The van der Waals surface area contributed by atoms with Crippen LogP contribution in [0.5, 0.6) is 0 Å². The molecule has 1 aliphatic rings. The van der Waals surface area contributed by atoms with Crippen LogP contribution in [0.2, 0.25) is 0 Å². The molecule has 1 heterocycles. The van der Waals surface area contributed by atoms with Crippen molar-refractivity contribution in [1.82, 2.24) is 21.3 Å². The number of ketones is 3. The van der Waals surface area contributed by atoms with Gasteiger partial charge in [-0.05, 0) is 105 Å². The third-order valence-corrected chi connectivity index (χ3v) is 9.14. The fourth-order valence-electron chi connectivity index (χ4n) is 5.35. The van der Waals surface area contributed by atoms with E-state index in [1.165, 1.54) is 20.8 Å². The number of carbonyl (C=O) groups excluding carboxylic acids is 9. The summed E-state index contributed by atoms with van der Waals surface area (Å²) in [6.45, 7) is 15.3. The SMILES string of the molecule is CC.CC.CN[C@@H](CCC(=O)OCCCCCC[NH3+])C(C)=O.CN[C@@H](CCC(=O)OCCC[NH3+])C(C)=O.CN[C@@H](CCC(=O)[O-])C(C)=O.O=C(CC[C@@H]1NC(=O)OC1=O)OCc1ccccc1. The third kappa shape index (κ3) is 42.0. The van der Waals surface area contributed by atoms with Crippen molar-refractivity contribution in [3.05, 3.63) is 35.9 Å². The lowest BCUT2D eigenvalue weighted by Crippen LogP contribution is -2.50. The minimum atomic E-state index is -1.12. The topological polar surface area (TPSA) is 317 Å². The second-order valence-corrected chi connectivity index (χ2v) is 14.4. The smallest absolute Gasteiger partial charge is 0.415 e. The van der Waals surface area contributed by atoms with Gasteiger partial charge in [-0.15, -0.1) is 0 Å². The second-order valence-electron chi connectivity index (χ2n) is 14.4. The molecular formula is C47H85N6O14+. The van der Waals surface area contributed by atoms with E-state index in [0.29, 0.717) is 38.9 Å². The normalized spacial score (nSPS) is 13.3. The average molecular weight is 958 g/mol. The van der Waals surface area contributed by atoms with E-state index in [-0.39, 0.29) is 79.7 Å². The van der Waals surface area contributed by atoms with E-state index < -0.39 is 30.0 Å². The molecule has 20 nitrogen and oxygen atoms in total. The first kappa shape index (κ1) is 68.4. The molecular weight excluding hydrogens is 873 g/mol. The first-order valence-corrected chi connectivity index (χ1v) is 23.3. The second kappa shape index (κ2) is 47.3. The number of benzene rings is 1. The Morgan fingerprint density at radius 3 is 1.43 bits per heavy atom. The van der Waals surface area contributed by atoms with E-state index in [1.807, 2.05) is 58.0 Å². The van der Waals surface area contributed by atoms with Crippen LogP contribution >= 0.6 is 0 Å². The lowest BCUT2D eigenvalue weighted by atomic mass is 10.1. The maximum absolute atomic E-state index is 11.5. The number of ether oxygens (including phenoxy) is 4. The first-order valence-electron chi connectivity index (χ1n) is 23.3. The molecule has 0 bridgehead atoms. The maximum atomic E-state index is 11.5. The van der Waals surface area contributed by atoms with Gasteiger partial charge in [0.25, 0.3) is 0 Å². The number of carboxylic acids is 1. The van der Waals surface area contributed by atoms with Gasteiger partial charge >= 0.3 is 30.0 Å². The monoisotopic (exact) mass is 958 g/mol. The van der Waals surface area contributed by atoms with E-state index >= 15 is 0 Å². The summed E-state index contributed by atoms with van der Waals surface area (Å²) in [7, 11) is 5.06. The number of unbranched alkanes of at least 4 members (excludes halogenated alkanes) is 3. The summed E-state index contributed by atoms with van der Waals surface area (Å²) < 4.78 is 19.4. The number of carboxylic acid groups (broad SMARTS) is 1. The van der Waals surface area contributed by atoms with Crippen LogP contribution in [0.1, 0.15) is 138 Å². The van der Waals surface area contributed by atoms with Crippen LogP contribution in [-0.4, -0.2) is 125 Å². The summed E-state index contributed by atoms with van der Waals surface area (Å²) in [6.07, 6.45) is 6.31. The molecule has 67 heavy (non-hydrogen) atoms. The zero-order chi connectivity index (χ0) is 52.0. The van der Waals surface area contributed by atoms with Gasteiger partial charge in [-0.25, -0.2) is 9.59 Å². The molecule has 1 amide bonds. The van der Waals surface area contributed by atoms with Crippen LogP contribution < -0.4 is 37.8 Å². The van der Waals surface area contributed by atoms with Crippen molar-refractivity contribution in [2.45, 2.75) is 163 Å². The van der Waals surface area contributed by atoms with Gasteiger partial charge in [-0.2, -0.15) is 0 Å². The molecule has 10 N–H and O–H groups in total. The number of carbonyl (C=O) groups is 9. The Morgan fingerprint density at radius 1 is 0.627 bits per heavy atom. The highest BCUT2D eigenvalue weighted by molar-refractivity contribution is 5.95. The number of hydrogen-bond acceptors (Lipinski definition) is 17. The molecule has 1 aromatic carbocycles. The highest BCUT2D eigenvalue weighted by Gasteiger charge is 2.32. The molecule has 2 rings (SSSR count). The lowest BCUT2D eigenvalue weighted by molar-refractivity contribution is -0.369. The number of alkyl carbamates (subject to hydrolysis) is 1. The van der Waals surface area contributed by atoms with Gasteiger partial charge in [0.1, 0.15) is 30.0 Å². The van der Waals surface area contributed by atoms with Crippen LogP contribution in [0.15, 0.2) is 30.3 Å². The van der Waals surface area contributed by atoms with Gasteiger partial charge in [0.2, 0.25) is 0 Å². The zero-order valence-corrected chi connectivity index (χ0v) is 42.1. The third-order valence-electron chi connectivity index (χ3n) is 9.14. The fraction of sp³-hybridized carbons (Fsp3) is 0.681. The Labute approximate surface area is 398 Å². The van der Waals surface area contributed by atoms with Crippen molar-refractivity contribution in [2.75, 3.05) is 47.4 Å². The molecule has 20 heteroatoms. The summed E-state index contributed by atoms with van der Waals surface area (Å²) >= 11 is 0.